The fourth-order valence-corrected chi connectivity index (χ4v) is 0.342. The molecule has 1 N–H and O–H groups in total. The third-order valence-electron chi connectivity index (χ3n) is 0.857. The molecule has 0 saturated heterocycles. The molecule has 0 aromatic heterocycles. The number of nitrogens with one attached hydrogen (secondary N) is 1. The van der Waals surface area contributed by atoms with E-state index in [2.05, 4.69) is 18.4 Å². The number of hydrogen-bond donors (Lipinski definition) is 1. The van der Waals surface area contributed by atoms with Gasteiger partial charge in [0.25, 0.3) is 0 Å². The van der Waals surface area contributed by atoms with E-state index in [4.69, 9.17) is 0 Å². The minimum absolute atomic E-state index is 0. The summed E-state index contributed by atoms with van der Waals surface area (Å²) in [7, 11) is 3.35. The third-order valence-corrected chi connectivity index (χ3v) is 0.857. The molecule has 0 radical (unpaired) electrons. The van der Waals surface area contributed by atoms with Crippen molar-refractivity contribution in [2.75, 3.05) is 6.54 Å². The monoisotopic (exact) mass is 224 g/mol. The van der Waals surface area contributed by atoms with Crippen molar-refractivity contribution in [3.05, 3.63) is 43.4 Å². The van der Waals surface area contributed by atoms with Gasteiger partial charge in [-0.3, -0.25) is 7.05 Å². The van der Waals surface area contributed by atoms with Crippen LogP contribution in [-0.2, 0) is 32.7 Å². The van der Waals surface area contributed by atoms with Gasteiger partial charge in [-0.05, 0) is 6.54 Å². The standard InChI is InChI=1S/C6H5.C3H8N.Y/c1-2-4-6-5-3-1;1-3-4-2;/h1-5H;4H,2-3H2,1H3;/q2*-1;+3. The van der Waals surface area contributed by atoms with Gasteiger partial charge in [0.2, 0.25) is 0 Å². The van der Waals surface area contributed by atoms with Gasteiger partial charge in [-0.15, -0.1) is 0 Å². The first-order valence-electron chi connectivity index (χ1n) is 3.32. The van der Waals surface area contributed by atoms with E-state index in [-0.39, 0.29) is 32.7 Å². The van der Waals surface area contributed by atoms with Crippen LogP contribution in [0.25, 0.3) is 0 Å². The van der Waals surface area contributed by atoms with Crippen LogP contribution in [0.5, 0.6) is 0 Å². The molecule has 0 heterocycles. The fraction of sp³-hybridized carbons (Fsp3) is 0.222. The minimum atomic E-state index is 0. The smallest absolute Gasteiger partial charge is 0.473 e. The summed E-state index contributed by atoms with van der Waals surface area (Å²) in [6, 6.07) is 12.5. The average Bonchev–Trinajstić information content (AvgIpc) is 2.08. The molecule has 0 atom stereocenters. The quantitative estimate of drug-likeness (QED) is 0.718. The van der Waals surface area contributed by atoms with Crippen molar-refractivity contribution in [1.82, 2.24) is 5.32 Å². The zero-order chi connectivity index (χ0) is 7.66. The van der Waals surface area contributed by atoms with Crippen molar-refractivity contribution < 1.29 is 32.7 Å². The number of hydrogen-bond acceptors (Lipinski definition) is 1. The van der Waals surface area contributed by atoms with Gasteiger partial charge in [-0.25, -0.2) is 0 Å². The summed E-state index contributed by atoms with van der Waals surface area (Å²) in [6.45, 7) is 2.97. The Morgan fingerprint density at radius 3 is 1.82 bits per heavy atom. The van der Waals surface area contributed by atoms with Gasteiger partial charge in [-0.2, -0.15) is 36.4 Å². The van der Waals surface area contributed by atoms with Crippen molar-refractivity contribution in [1.29, 1.82) is 0 Å². The van der Waals surface area contributed by atoms with Gasteiger partial charge in [-0.1, -0.05) is 6.92 Å². The van der Waals surface area contributed by atoms with Crippen LogP contribution in [0.3, 0.4) is 0 Å². The van der Waals surface area contributed by atoms with Gasteiger partial charge in [0, 0.05) is 0 Å². The average molecular weight is 224 g/mol. The van der Waals surface area contributed by atoms with E-state index in [1.54, 1.807) is 0 Å². The maximum atomic E-state index is 3.35. The van der Waals surface area contributed by atoms with Crippen molar-refractivity contribution in [3.63, 3.8) is 0 Å². The van der Waals surface area contributed by atoms with Gasteiger partial charge in [0.15, 0.2) is 0 Å². The first-order chi connectivity index (χ1) is 4.91. The normalized spacial score (nSPS) is 7.09. The zero-order valence-electron chi connectivity index (χ0n) is 6.88. The van der Waals surface area contributed by atoms with Gasteiger partial charge in [0.05, 0.1) is 0 Å². The van der Waals surface area contributed by atoms with Crippen LogP contribution in [0, 0.1) is 13.1 Å². The first-order valence-corrected chi connectivity index (χ1v) is 3.32. The second-order valence-electron chi connectivity index (χ2n) is 1.68. The van der Waals surface area contributed by atoms with E-state index < -0.39 is 0 Å². The Hall–Kier alpha value is 0.284. The van der Waals surface area contributed by atoms with E-state index in [0.29, 0.717) is 0 Å². The van der Waals surface area contributed by atoms with E-state index in [9.17, 15) is 0 Å². The van der Waals surface area contributed by atoms with Crippen LogP contribution in [0.15, 0.2) is 30.3 Å². The molecular weight excluding hydrogens is 211 g/mol. The van der Waals surface area contributed by atoms with Crippen molar-refractivity contribution in [2.24, 2.45) is 0 Å². The van der Waals surface area contributed by atoms with Crippen molar-refractivity contribution >= 4 is 0 Å². The summed E-state index contributed by atoms with van der Waals surface area (Å²) in [5.41, 5.74) is 0. The summed E-state index contributed by atoms with van der Waals surface area (Å²) in [5.74, 6) is 0. The molecule has 1 aromatic carbocycles. The number of rotatable bonds is 1. The SMILES string of the molecule is [CH2-]NCC.[Y+3].[c-]1ccccc1. The summed E-state index contributed by atoms with van der Waals surface area (Å²) in [5, 5.41) is 2.68. The van der Waals surface area contributed by atoms with Crippen LogP contribution in [0.1, 0.15) is 6.92 Å². The molecule has 0 aliphatic rings. The third kappa shape index (κ3) is 13.3. The second-order valence-corrected chi connectivity index (χ2v) is 1.68. The first kappa shape index (κ1) is 13.8. The zero-order valence-corrected chi connectivity index (χ0v) is 9.72. The largest absolute Gasteiger partial charge is 3.00 e. The molecule has 0 spiro atoms. The van der Waals surface area contributed by atoms with Gasteiger partial charge >= 0.3 is 32.7 Å². The molecule has 2 heteroatoms. The Kier molecular flexibility index (Phi) is 16.3. The molecule has 1 aromatic rings. The van der Waals surface area contributed by atoms with E-state index in [1.807, 2.05) is 37.3 Å². The summed E-state index contributed by atoms with van der Waals surface area (Å²) >= 11 is 0. The van der Waals surface area contributed by atoms with Crippen LogP contribution < -0.4 is 5.32 Å². The molecule has 56 valence electrons. The molecular formula is C9H13NY+. The van der Waals surface area contributed by atoms with Crippen LogP contribution in [0.2, 0.25) is 0 Å². The minimum Gasteiger partial charge on any atom is -0.473 e. The van der Waals surface area contributed by atoms with Crippen LogP contribution in [0.4, 0.5) is 0 Å². The summed E-state index contributed by atoms with van der Waals surface area (Å²) in [6.07, 6.45) is 0. The van der Waals surface area contributed by atoms with Crippen molar-refractivity contribution in [3.8, 4) is 0 Å². The van der Waals surface area contributed by atoms with Crippen LogP contribution in [-0.4, -0.2) is 6.54 Å². The molecule has 0 saturated carbocycles. The molecule has 1 nitrogen and oxygen atoms in total. The molecule has 0 amide bonds. The summed E-state index contributed by atoms with van der Waals surface area (Å²) in [4.78, 5) is 0. The van der Waals surface area contributed by atoms with Crippen molar-refractivity contribution in [2.45, 2.75) is 6.92 Å². The molecule has 1 rings (SSSR count). The fourth-order valence-electron chi connectivity index (χ4n) is 0.342. The Bertz CT molecular complexity index is 102. The summed E-state index contributed by atoms with van der Waals surface area (Å²) < 4.78 is 0. The maximum absolute atomic E-state index is 3.35. The predicted molar refractivity (Wildman–Crippen MR) is 44.3 cm³/mol. The van der Waals surface area contributed by atoms with Crippen LogP contribution >= 0.6 is 0 Å². The molecule has 0 bridgehead atoms. The predicted octanol–water partition coefficient (Wildman–Crippen LogP) is 1.87. The maximum Gasteiger partial charge on any atom is 3.00 e. The Morgan fingerprint density at radius 2 is 1.73 bits per heavy atom. The Balaban J connectivity index is 0. The molecule has 0 aliphatic carbocycles. The topological polar surface area (TPSA) is 12.0 Å². The number of benzene rings is 1. The molecule has 11 heavy (non-hydrogen) atoms. The Labute approximate surface area is 94.5 Å². The molecule has 0 unspecified atom stereocenters. The molecule has 0 aliphatic heterocycles. The van der Waals surface area contributed by atoms with Gasteiger partial charge in [0.1, 0.15) is 0 Å². The van der Waals surface area contributed by atoms with E-state index in [1.165, 1.54) is 0 Å². The molecule has 0 fully saturated rings. The Morgan fingerprint density at radius 1 is 1.27 bits per heavy atom. The van der Waals surface area contributed by atoms with Gasteiger partial charge < -0.3 is 5.32 Å². The second kappa shape index (κ2) is 12.9. The van der Waals surface area contributed by atoms with E-state index >= 15 is 0 Å². The van der Waals surface area contributed by atoms with E-state index in [0.717, 1.165) is 6.54 Å².